The molecule has 17 heavy (non-hydrogen) atoms. The molecule has 0 aliphatic rings. The van der Waals surface area contributed by atoms with E-state index in [9.17, 15) is 4.79 Å². The molecule has 0 aromatic carbocycles. The lowest BCUT2D eigenvalue weighted by Gasteiger charge is -2.22. The third-order valence-electron chi connectivity index (χ3n) is 2.29. The molecule has 94 valence electrons. The second-order valence-electron chi connectivity index (χ2n) is 4.19. The second-order valence-corrected chi connectivity index (χ2v) is 4.19. The minimum absolute atomic E-state index is 0.0997. The average Bonchev–Trinajstić information content (AvgIpc) is 2.35. The summed E-state index contributed by atoms with van der Waals surface area (Å²) in [6, 6.07) is 3.25. The van der Waals surface area contributed by atoms with Crippen molar-refractivity contribution in [2.75, 3.05) is 18.5 Å². The summed E-state index contributed by atoms with van der Waals surface area (Å²) in [5.74, 6) is 5.95. The van der Waals surface area contributed by atoms with Gasteiger partial charge in [0, 0.05) is 13.1 Å². The number of nitrogens with one attached hydrogen (secondary N) is 1. The number of hydrazine groups is 1. The van der Waals surface area contributed by atoms with E-state index in [1.807, 2.05) is 6.92 Å². The van der Waals surface area contributed by atoms with Crippen LogP contribution in [0, 0.1) is 5.92 Å². The number of amides is 1. The summed E-state index contributed by atoms with van der Waals surface area (Å²) >= 11 is 0. The van der Waals surface area contributed by atoms with Gasteiger partial charge in [-0.2, -0.15) is 0 Å². The van der Waals surface area contributed by atoms with Gasteiger partial charge >= 0.3 is 0 Å². The number of hydrogen-bond acceptors (Lipinski definition) is 5. The van der Waals surface area contributed by atoms with Crippen LogP contribution < -0.4 is 11.3 Å². The van der Waals surface area contributed by atoms with E-state index >= 15 is 0 Å². The number of carbonyl (C=O) groups excluding carboxylic acids is 1. The maximum absolute atomic E-state index is 12.1. The quantitative estimate of drug-likeness (QED) is 0.586. The Morgan fingerprint density at radius 3 is 2.59 bits per heavy atom. The number of aromatic nitrogens is 2. The fourth-order valence-electron chi connectivity index (χ4n) is 1.48. The molecule has 0 atom stereocenters. The molecule has 1 amide bonds. The Balaban J connectivity index is 2.78. The van der Waals surface area contributed by atoms with Crippen molar-refractivity contribution in [2.24, 2.45) is 11.8 Å². The van der Waals surface area contributed by atoms with E-state index in [-0.39, 0.29) is 5.91 Å². The zero-order valence-corrected chi connectivity index (χ0v) is 10.5. The molecule has 6 nitrogen and oxygen atoms in total. The number of nitrogen functional groups attached to an aromatic ring is 1. The molecule has 0 fully saturated rings. The van der Waals surface area contributed by atoms with Crippen molar-refractivity contribution in [2.45, 2.75) is 20.8 Å². The largest absolute Gasteiger partial charge is 0.337 e. The van der Waals surface area contributed by atoms with Crippen molar-refractivity contribution >= 4 is 11.7 Å². The minimum atomic E-state index is -0.0997. The van der Waals surface area contributed by atoms with Gasteiger partial charge in [-0.1, -0.05) is 13.8 Å². The van der Waals surface area contributed by atoms with Gasteiger partial charge in [-0.15, -0.1) is 10.2 Å². The van der Waals surface area contributed by atoms with Crippen LogP contribution in [0.3, 0.4) is 0 Å². The lowest BCUT2D eigenvalue weighted by atomic mass is 10.2. The molecule has 1 aromatic heterocycles. The SMILES string of the molecule is CCN(CC(C)C)C(=O)c1ccc(NN)nn1. The standard InChI is InChI=1S/C11H19N5O/c1-4-16(7-8(2)3)11(17)9-5-6-10(13-12)15-14-9/h5-6,8H,4,7,12H2,1-3H3,(H,13,15). The fraction of sp³-hybridized carbons (Fsp3) is 0.545. The predicted octanol–water partition coefficient (Wildman–Crippen LogP) is 0.880. The van der Waals surface area contributed by atoms with Crippen LogP contribution in [0.5, 0.6) is 0 Å². The number of carbonyl (C=O) groups is 1. The molecule has 1 aromatic rings. The topological polar surface area (TPSA) is 84.1 Å². The first-order valence-corrected chi connectivity index (χ1v) is 5.68. The van der Waals surface area contributed by atoms with E-state index in [2.05, 4.69) is 29.5 Å². The second kappa shape index (κ2) is 6.15. The molecule has 0 saturated heterocycles. The van der Waals surface area contributed by atoms with Crippen molar-refractivity contribution in [1.82, 2.24) is 15.1 Å². The van der Waals surface area contributed by atoms with Gasteiger partial charge in [0.05, 0.1) is 0 Å². The monoisotopic (exact) mass is 237 g/mol. The van der Waals surface area contributed by atoms with Crippen LogP contribution in [0.15, 0.2) is 12.1 Å². The maximum Gasteiger partial charge on any atom is 0.274 e. The van der Waals surface area contributed by atoms with E-state index in [1.165, 1.54) is 0 Å². The highest BCUT2D eigenvalue weighted by molar-refractivity contribution is 5.92. The lowest BCUT2D eigenvalue weighted by molar-refractivity contribution is 0.0738. The highest BCUT2D eigenvalue weighted by Gasteiger charge is 2.16. The molecule has 0 aliphatic carbocycles. The fourth-order valence-corrected chi connectivity index (χ4v) is 1.48. The Bertz CT molecular complexity index is 363. The molecule has 1 heterocycles. The first kappa shape index (κ1) is 13.4. The summed E-state index contributed by atoms with van der Waals surface area (Å²) in [4.78, 5) is 13.8. The highest BCUT2D eigenvalue weighted by Crippen LogP contribution is 2.06. The molecular formula is C11H19N5O. The third-order valence-corrected chi connectivity index (χ3v) is 2.29. The van der Waals surface area contributed by atoms with E-state index < -0.39 is 0 Å². The minimum Gasteiger partial charge on any atom is -0.337 e. The lowest BCUT2D eigenvalue weighted by Crippen LogP contribution is -2.34. The van der Waals surface area contributed by atoms with Crippen molar-refractivity contribution in [1.29, 1.82) is 0 Å². The molecule has 0 spiro atoms. The van der Waals surface area contributed by atoms with Crippen molar-refractivity contribution < 1.29 is 4.79 Å². The maximum atomic E-state index is 12.1. The van der Waals surface area contributed by atoms with Crippen LogP contribution in [-0.4, -0.2) is 34.1 Å². The van der Waals surface area contributed by atoms with Gasteiger partial charge in [0.2, 0.25) is 0 Å². The zero-order valence-electron chi connectivity index (χ0n) is 10.5. The summed E-state index contributed by atoms with van der Waals surface area (Å²) in [7, 11) is 0. The Hall–Kier alpha value is -1.69. The normalized spacial score (nSPS) is 10.4. The van der Waals surface area contributed by atoms with Crippen molar-refractivity contribution in [3.05, 3.63) is 17.8 Å². The number of nitrogens with zero attached hydrogens (tertiary/aromatic N) is 3. The zero-order chi connectivity index (χ0) is 12.8. The molecule has 0 bridgehead atoms. The van der Waals surface area contributed by atoms with Gasteiger partial charge in [-0.05, 0) is 25.0 Å². The predicted molar refractivity (Wildman–Crippen MR) is 66.3 cm³/mol. The first-order chi connectivity index (χ1) is 8.08. The molecule has 0 aliphatic heterocycles. The van der Waals surface area contributed by atoms with Crippen LogP contribution in [0.2, 0.25) is 0 Å². The molecular weight excluding hydrogens is 218 g/mol. The highest BCUT2D eigenvalue weighted by atomic mass is 16.2. The molecule has 0 saturated carbocycles. The smallest absolute Gasteiger partial charge is 0.274 e. The van der Waals surface area contributed by atoms with Gasteiger partial charge in [0.1, 0.15) is 0 Å². The summed E-state index contributed by atoms with van der Waals surface area (Å²) in [6.45, 7) is 7.47. The van der Waals surface area contributed by atoms with Crippen LogP contribution in [-0.2, 0) is 0 Å². The number of hydrogen-bond donors (Lipinski definition) is 2. The van der Waals surface area contributed by atoms with Crippen LogP contribution >= 0.6 is 0 Å². The van der Waals surface area contributed by atoms with Gasteiger partial charge in [-0.25, -0.2) is 5.84 Å². The van der Waals surface area contributed by atoms with Gasteiger partial charge in [0.25, 0.3) is 5.91 Å². The van der Waals surface area contributed by atoms with E-state index in [0.29, 0.717) is 30.5 Å². The van der Waals surface area contributed by atoms with Crippen LogP contribution in [0.1, 0.15) is 31.3 Å². The summed E-state index contributed by atoms with van der Waals surface area (Å²) in [5, 5.41) is 7.62. The summed E-state index contributed by atoms with van der Waals surface area (Å²) < 4.78 is 0. The van der Waals surface area contributed by atoms with E-state index in [1.54, 1.807) is 17.0 Å². The molecule has 1 rings (SSSR count). The van der Waals surface area contributed by atoms with Gasteiger partial charge < -0.3 is 10.3 Å². The molecule has 0 unspecified atom stereocenters. The molecule has 0 radical (unpaired) electrons. The van der Waals surface area contributed by atoms with Crippen LogP contribution in [0.4, 0.5) is 5.82 Å². The van der Waals surface area contributed by atoms with E-state index in [0.717, 1.165) is 0 Å². The number of anilines is 1. The third kappa shape index (κ3) is 3.67. The Kier molecular flexibility index (Phi) is 4.84. The van der Waals surface area contributed by atoms with Crippen molar-refractivity contribution in [3.8, 4) is 0 Å². The summed E-state index contributed by atoms with van der Waals surface area (Å²) in [5.41, 5.74) is 2.71. The van der Waals surface area contributed by atoms with Gasteiger partial charge in [-0.3, -0.25) is 4.79 Å². The number of nitrogens with two attached hydrogens (primary N) is 1. The first-order valence-electron chi connectivity index (χ1n) is 5.68. The van der Waals surface area contributed by atoms with Crippen LogP contribution in [0.25, 0.3) is 0 Å². The number of rotatable bonds is 5. The Morgan fingerprint density at radius 2 is 2.18 bits per heavy atom. The van der Waals surface area contributed by atoms with Gasteiger partial charge in [0.15, 0.2) is 11.5 Å². The summed E-state index contributed by atoms with van der Waals surface area (Å²) in [6.07, 6.45) is 0. The molecule has 6 heteroatoms. The van der Waals surface area contributed by atoms with E-state index in [4.69, 9.17) is 5.84 Å². The molecule has 3 N–H and O–H groups in total. The Morgan fingerprint density at radius 1 is 1.47 bits per heavy atom. The Labute approximate surface area is 101 Å². The average molecular weight is 237 g/mol. The van der Waals surface area contributed by atoms with Crippen molar-refractivity contribution in [3.63, 3.8) is 0 Å².